The molecule has 1 fully saturated rings. The molecule has 34 heavy (non-hydrogen) atoms. The van der Waals surface area contributed by atoms with Crippen molar-refractivity contribution in [3.8, 4) is 21.9 Å². The number of ether oxygens (including phenoxy) is 1. The molecule has 0 aliphatic carbocycles. The molecule has 0 atom stereocenters. The first kappa shape index (κ1) is 21.8. The average Bonchev–Trinajstić information content (AvgIpc) is 3.39. The van der Waals surface area contributed by atoms with Gasteiger partial charge in [0.1, 0.15) is 17.1 Å². The zero-order valence-electron chi connectivity index (χ0n) is 17.8. The molecule has 1 aromatic heterocycles. The van der Waals surface area contributed by atoms with Crippen LogP contribution >= 0.6 is 23.6 Å². The molecule has 166 valence electrons. The van der Waals surface area contributed by atoms with Gasteiger partial charge < -0.3 is 4.74 Å². The van der Waals surface area contributed by atoms with Crippen molar-refractivity contribution in [2.45, 2.75) is 0 Å². The van der Waals surface area contributed by atoms with Crippen LogP contribution in [-0.2, 0) is 9.59 Å². The van der Waals surface area contributed by atoms with E-state index in [0.29, 0.717) is 17.2 Å². The first-order chi connectivity index (χ1) is 16.6. The number of rotatable bonds is 5. The molecular formula is C27H18N2O3S2. The van der Waals surface area contributed by atoms with Gasteiger partial charge in [-0.05, 0) is 77.3 Å². The largest absolute Gasteiger partial charge is 0.457 e. The van der Waals surface area contributed by atoms with Crippen molar-refractivity contribution in [1.82, 2.24) is 5.32 Å². The summed E-state index contributed by atoms with van der Waals surface area (Å²) in [6.07, 6.45) is 1.58. The number of thiocarbonyl (C=S) groups is 1. The van der Waals surface area contributed by atoms with E-state index in [-0.39, 0.29) is 10.7 Å². The molecule has 1 aliphatic rings. The second-order valence-electron chi connectivity index (χ2n) is 7.47. The predicted octanol–water partition coefficient (Wildman–Crippen LogP) is 6.04. The monoisotopic (exact) mass is 482 g/mol. The van der Waals surface area contributed by atoms with Gasteiger partial charge in [-0.1, -0.05) is 48.5 Å². The highest BCUT2D eigenvalue weighted by molar-refractivity contribution is 7.80. The molecule has 7 heteroatoms. The first-order valence-corrected chi connectivity index (χ1v) is 11.8. The average molecular weight is 483 g/mol. The van der Waals surface area contributed by atoms with Crippen LogP contribution in [0.4, 0.5) is 5.69 Å². The van der Waals surface area contributed by atoms with Crippen molar-refractivity contribution in [3.05, 3.63) is 108 Å². The van der Waals surface area contributed by atoms with Crippen molar-refractivity contribution in [2.75, 3.05) is 4.90 Å². The Labute approximate surface area is 205 Å². The molecule has 3 aromatic carbocycles. The van der Waals surface area contributed by atoms with Crippen molar-refractivity contribution >= 4 is 52.2 Å². The van der Waals surface area contributed by atoms with Gasteiger partial charge in [0.15, 0.2) is 5.11 Å². The van der Waals surface area contributed by atoms with E-state index < -0.39 is 11.8 Å². The summed E-state index contributed by atoms with van der Waals surface area (Å²) in [5, 5.41) is 4.68. The fourth-order valence-corrected chi connectivity index (χ4v) is 4.55. The van der Waals surface area contributed by atoms with Crippen LogP contribution < -0.4 is 15.0 Å². The maximum atomic E-state index is 13.3. The Kier molecular flexibility index (Phi) is 6.03. The highest BCUT2D eigenvalue weighted by atomic mass is 32.1. The highest BCUT2D eigenvalue weighted by Gasteiger charge is 2.34. The van der Waals surface area contributed by atoms with Gasteiger partial charge in [-0.25, -0.2) is 0 Å². The van der Waals surface area contributed by atoms with Crippen LogP contribution in [0.25, 0.3) is 16.5 Å². The van der Waals surface area contributed by atoms with Gasteiger partial charge in [-0.15, -0.1) is 11.3 Å². The topological polar surface area (TPSA) is 58.6 Å². The number of hydrogen-bond donors (Lipinski definition) is 1. The standard InChI is InChI=1S/C27H18N2O3S2/c30-25-23(17-18-8-10-19(11-9-18)24-7-4-16-34-24)26(31)29(27(33)28-25)20-12-14-22(15-13-20)32-21-5-2-1-3-6-21/h1-17H,(H,28,30,33)/b23-17+. The summed E-state index contributed by atoms with van der Waals surface area (Å²) in [5.41, 5.74) is 2.38. The second-order valence-corrected chi connectivity index (χ2v) is 8.80. The minimum Gasteiger partial charge on any atom is -0.457 e. The third-order valence-electron chi connectivity index (χ3n) is 5.20. The molecule has 1 N–H and O–H groups in total. The smallest absolute Gasteiger partial charge is 0.270 e. The van der Waals surface area contributed by atoms with Crippen molar-refractivity contribution in [2.24, 2.45) is 0 Å². The van der Waals surface area contributed by atoms with Crippen LogP contribution in [-0.4, -0.2) is 16.9 Å². The molecule has 2 amide bonds. The molecule has 5 nitrogen and oxygen atoms in total. The number of hydrogen-bond acceptors (Lipinski definition) is 5. The van der Waals surface area contributed by atoms with E-state index in [4.69, 9.17) is 17.0 Å². The number of benzene rings is 3. The Balaban J connectivity index is 1.38. The number of thiophene rings is 1. The molecule has 1 aliphatic heterocycles. The van der Waals surface area contributed by atoms with Gasteiger partial charge in [0.05, 0.1) is 5.69 Å². The summed E-state index contributed by atoms with van der Waals surface area (Å²) in [6, 6.07) is 28.1. The quantitative estimate of drug-likeness (QED) is 0.214. The normalized spacial score (nSPS) is 14.9. The molecule has 4 aromatic rings. The van der Waals surface area contributed by atoms with Gasteiger partial charge in [-0.3, -0.25) is 19.8 Å². The van der Waals surface area contributed by atoms with E-state index in [1.165, 1.54) is 4.90 Å². The first-order valence-electron chi connectivity index (χ1n) is 10.5. The van der Waals surface area contributed by atoms with E-state index in [1.807, 2.05) is 72.1 Å². The summed E-state index contributed by atoms with van der Waals surface area (Å²) in [6.45, 7) is 0. The molecule has 0 radical (unpaired) electrons. The Hall–Kier alpha value is -4.07. The molecular weight excluding hydrogens is 464 g/mol. The number of amides is 2. The summed E-state index contributed by atoms with van der Waals surface area (Å²) in [5.74, 6) is 0.337. The van der Waals surface area contributed by atoms with E-state index in [1.54, 1.807) is 41.7 Å². The summed E-state index contributed by atoms with van der Waals surface area (Å²) < 4.78 is 5.81. The fraction of sp³-hybridized carbons (Fsp3) is 0. The minimum atomic E-state index is -0.516. The summed E-state index contributed by atoms with van der Waals surface area (Å²) in [4.78, 5) is 28.3. The van der Waals surface area contributed by atoms with E-state index in [9.17, 15) is 9.59 Å². The third-order valence-corrected chi connectivity index (χ3v) is 6.41. The lowest BCUT2D eigenvalue weighted by Gasteiger charge is -2.29. The number of anilines is 1. The maximum absolute atomic E-state index is 13.3. The van der Waals surface area contributed by atoms with E-state index in [0.717, 1.165) is 16.0 Å². The van der Waals surface area contributed by atoms with Gasteiger partial charge in [0.2, 0.25) is 0 Å². The van der Waals surface area contributed by atoms with Gasteiger partial charge in [0, 0.05) is 4.88 Å². The van der Waals surface area contributed by atoms with Crippen LogP contribution in [0.15, 0.2) is 102 Å². The SMILES string of the molecule is O=C1NC(=S)N(c2ccc(Oc3ccccc3)cc2)C(=O)/C1=C/c1ccc(-c2cccs2)cc1. The van der Waals surface area contributed by atoms with Gasteiger partial charge in [0.25, 0.3) is 11.8 Å². The van der Waals surface area contributed by atoms with E-state index >= 15 is 0 Å². The van der Waals surface area contributed by atoms with Crippen LogP contribution in [0.1, 0.15) is 5.56 Å². The van der Waals surface area contributed by atoms with Crippen LogP contribution in [0.5, 0.6) is 11.5 Å². The molecule has 0 unspecified atom stereocenters. The Morgan fingerprint density at radius 3 is 2.21 bits per heavy atom. The molecule has 0 bridgehead atoms. The van der Waals surface area contributed by atoms with Gasteiger partial charge in [-0.2, -0.15) is 0 Å². The number of carbonyl (C=O) groups excluding carboxylic acids is 2. The highest BCUT2D eigenvalue weighted by Crippen LogP contribution is 2.28. The fourth-order valence-electron chi connectivity index (χ4n) is 3.53. The number of para-hydroxylation sites is 1. The van der Waals surface area contributed by atoms with Crippen molar-refractivity contribution in [1.29, 1.82) is 0 Å². The zero-order valence-corrected chi connectivity index (χ0v) is 19.4. The summed E-state index contributed by atoms with van der Waals surface area (Å²) in [7, 11) is 0. The molecule has 0 saturated carbocycles. The number of nitrogens with zero attached hydrogens (tertiary/aromatic N) is 1. The third kappa shape index (κ3) is 4.52. The minimum absolute atomic E-state index is 0.0158. The van der Waals surface area contributed by atoms with Gasteiger partial charge >= 0.3 is 0 Å². The Bertz CT molecular complexity index is 1380. The van der Waals surface area contributed by atoms with Crippen molar-refractivity contribution in [3.63, 3.8) is 0 Å². The van der Waals surface area contributed by atoms with Crippen molar-refractivity contribution < 1.29 is 14.3 Å². The molecule has 5 rings (SSSR count). The number of carbonyl (C=O) groups is 2. The maximum Gasteiger partial charge on any atom is 0.270 e. The predicted molar refractivity (Wildman–Crippen MR) is 139 cm³/mol. The van der Waals surface area contributed by atoms with Crippen LogP contribution in [0.3, 0.4) is 0 Å². The number of nitrogens with one attached hydrogen (secondary N) is 1. The zero-order chi connectivity index (χ0) is 23.5. The lowest BCUT2D eigenvalue weighted by atomic mass is 10.0. The summed E-state index contributed by atoms with van der Waals surface area (Å²) >= 11 is 6.95. The van der Waals surface area contributed by atoms with E-state index in [2.05, 4.69) is 5.32 Å². The lowest BCUT2D eigenvalue weighted by molar-refractivity contribution is -0.122. The Morgan fingerprint density at radius 2 is 1.53 bits per heavy atom. The molecule has 1 saturated heterocycles. The Morgan fingerprint density at radius 1 is 0.824 bits per heavy atom. The molecule has 2 heterocycles. The van der Waals surface area contributed by atoms with Crippen LogP contribution in [0, 0.1) is 0 Å². The second kappa shape index (κ2) is 9.43. The van der Waals surface area contributed by atoms with Crippen LogP contribution in [0.2, 0.25) is 0 Å². The lowest BCUT2D eigenvalue weighted by Crippen LogP contribution is -2.54. The molecule has 0 spiro atoms.